The molecule has 6 nitrogen and oxygen atoms in total. The van der Waals surface area contributed by atoms with Gasteiger partial charge in [-0.15, -0.1) is 0 Å². The zero-order valence-corrected chi connectivity index (χ0v) is 16.8. The van der Waals surface area contributed by atoms with Crippen LogP contribution in [0.25, 0.3) is 0 Å². The molecule has 1 N–H and O–H groups in total. The summed E-state index contributed by atoms with van der Waals surface area (Å²) in [6, 6.07) is 0.468. The van der Waals surface area contributed by atoms with Crippen molar-refractivity contribution in [3.05, 3.63) is 18.7 Å². The molecule has 6 heteroatoms. The quantitative estimate of drug-likeness (QED) is 0.647. The summed E-state index contributed by atoms with van der Waals surface area (Å²) < 4.78 is 2.25. The lowest BCUT2D eigenvalue weighted by Crippen LogP contribution is -2.50. The second-order valence-corrected chi connectivity index (χ2v) is 8.18. The maximum atomic E-state index is 4.56. The average molecular weight is 361 g/mol. The summed E-state index contributed by atoms with van der Waals surface area (Å²) >= 11 is 0. The first-order valence-corrected chi connectivity index (χ1v) is 10.3. The molecule has 2 fully saturated rings. The number of guanidine groups is 1. The summed E-state index contributed by atoms with van der Waals surface area (Å²) in [4.78, 5) is 13.8. The average Bonchev–Trinajstić information content (AvgIpc) is 3.18. The molecule has 0 amide bonds. The fraction of sp³-hybridized carbons (Fsp3) is 0.800. The van der Waals surface area contributed by atoms with E-state index in [1.165, 1.54) is 45.3 Å². The highest BCUT2D eigenvalue weighted by Gasteiger charge is 2.29. The Bertz CT molecular complexity index is 549. The van der Waals surface area contributed by atoms with Crippen molar-refractivity contribution in [3.63, 3.8) is 0 Å². The van der Waals surface area contributed by atoms with Crippen molar-refractivity contribution in [1.29, 1.82) is 0 Å². The monoisotopic (exact) mass is 360 g/mol. The first-order valence-electron chi connectivity index (χ1n) is 10.3. The Morgan fingerprint density at radius 3 is 2.77 bits per heavy atom. The minimum Gasteiger partial charge on any atom is -0.356 e. The molecule has 0 spiro atoms. The van der Waals surface area contributed by atoms with Crippen molar-refractivity contribution in [2.75, 3.05) is 46.3 Å². The van der Waals surface area contributed by atoms with Crippen molar-refractivity contribution < 1.29 is 0 Å². The van der Waals surface area contributed by atoms with Gasteiger partial charge in [-0.05, 0) is 44.2 Å². The number of hydrogen-bond donors (Lipinski definition) is 1. The lowest BCUT2D eigenvalue weighted by atomic mass is 9.93. The Morgan fingerprint density at radius 1 is 1.27 bits per heavy atom. The number of piperidine rings is 2. The summed E-state index contributed by atoms with van der Waals surface area (Å²) in [5, 5.41) is 3.63. The summed E-state index contributed by atoms with van der Waals surface area (Å²) in [7, 11) is 1.90. The molecule has 26 heavy (non-hydrogen) atoms. The van der Waals surface area contributed by atoms with Crippen LogP contribution in [0, 0.1) is 11.8 Å². The van der Waals surface area contributed by atoms with E-state index in [2.05, 4.69) is 49.7 Å². The maximum Gasteiger partial charge on any atom is 0.193 e. The van der Waals surface area contributed by atoms with Gasteiger partial charge in [0.2, 0.25) is 0 Å². The van der Waals surface area contributed by atoms with Gasteiger partial charge in [0.25, 0.3) is 0 Å². The van der Waals surface area contributed by atoms with E-state index in [1.54, 1.807) is 0 Å². The smallest absolute Gasteiger partial charge is 0.193 e. The van der Waals surface area contributed by atoms with Gasteiger partial charge in [-0.1, -0.05) is 20.3 Å². The molecule has 1 aromatic rings. The molecule has 2 aliphatic heterocycles. The van der Waals surface area contributed by atoms with Gasteiger partial charge in [0.05, 0.1) is 12.4 Å². The predicted octanol–water partition coefficient (Wildman–Crippen LogP) is 2.46. The molecule has 0 aromatic carbocycles. The highest BCUT2D eigenvalue weighted by Crippen LogP contribution is 2.27. The maximum absolute atomic E-state index is 4.56. The van der Waals surface area contributed by atoms with Gasteiger partial charge >= 0.3 is 0 Å². The van der Waals surface area contributed by atoms with Gasteiger partial charge in [-0.25, -0.2) is 4.98 Å². The fourth-order valence-electron chi connectivity index (χ4n) is 4.34. The normalized spacial score (nSPS) is 26.7. The van der Waals surface area contributed by atoms with E-state index < -0.39 is 0 Å². The highest BCUT2D eigenvalue weighted by molar-refractivity contribution is 5.80. The number of likely N-dealkylation sites (tertiary alicyclic amines) is 2. The first-order chi connectivity index (χ1) is 12.7. The Morgan fingerprint density at radius 2 is 2.08 bits per heavy atom. The van der Waals surface area contributed by atoms with Crippen molar-refractivity contribution in [3.8, 4) is 0 Å². The number of aromatic nitrogens is 2. The Kier molecular flexibility index (Phi) is 6.94. The number of imidazole rings is 1. The fourth-order valence-corrected chi connectivity index (χ4v) is 4.34. The van der Waals surface area contributed by atoms with Crippen molar-refractivity contribution in [1.82, 2.24) is 24.7 Å². The van der Waals surface area contributed by atoms with Gasteiger partial charge < -0.3 is 19.7 Å². The minimum absolute atomic E-state index is 0.468. The van der Waals surface area contributed by atoms with Gasteiger partial charge in [0.1, 0.15) is 0 Å². The number of aliphatic imine (C=N–C) groups is 1. The van der Waals surface area contributed by atoms with Crippen molar-refractivity contribution in [2.24, 2.45) is 16.8 Å². The number of rotatable bonds is 5. The number of nitrogens with zero attached hydrogens (tertiary/aromatic N) is 5. The van der Waals surface area contributed by atoms with Gasteiger partial charge in [0.15, 0.2) is 5.96 Å². The van der Waals surface area contributed by atoms with Crippen LogP contribution in [0.5, 0.6) is 0 Å². The topological polar surface area (TPSA) is 48.7 Å². The SMILES string of the molecule is CN=C(NCC(C)CN1CCCCC1)N1CCC(C)C(n2ccnc2)C1. The Labute approximate surface area is 158 Å². The molecule has 3 atom stereocenters. The molecule has 1 aromatic heterocycles. The summed E-state index contributed by atoms with van der Waals surface area (Å²) in [6.07, 6.45) is 11.2. The molecule has 0 radical (unpaired) electrons. The van der Waals surface area contributed by atoms with Gasteiger partial charge in [-0.2, -0.15) is 0 Å². The first kappa shape index (κ1) is 19.2. The standard InChI is InChI=1S/C20H36N6/c1-17(14-24-9-5-4-6-10-24)13-23-20(21-3)25-11-7-18(2)19(15-25)26-12-8-22-16-26/h8,12,16-19H,4-7,9-11,13-15H2,1-3H3,(H,21,23). The summed E-state index contributed by atoms with van der Waals surface area (Å²) in [5.41, 5.74) is 0. The van der Waals surface area contributed by atoms with Gasteiger partial charge in [0, 0.05) is 45.6 Å². The zero-order chi connectivity index (χ0) is 18.4. The Balaban J connectivity index is 1.50. The van der Waals surface area contributed by atoms with E-state index in [0.717, 1.165) is 25.6 Å². The third-order valence-corrected chi connectivity index (χ3v) is 5.97. The molecule has 146 valence electrons. The van der Waals surface area contributed by atoms with Crippen LogP contribution < -0.4 is 5.32 Å². The highest BCUT2D eigenvalue weighted by atomic mass is 15.3. The van der Waals surface area contributed by atoms with Crippen LogP contribution in [-0.4, -0.2) is 71.6 Å². The molecule has 3 rings (SSSR count). The van der Waals surface area contributed by atoms with Crippen LogP contribution in [-0.2, 0) is 0 Å². The molecule has 3 heterocycles. The second-order valence-electron chi connectivity index (χ2n) is 8.18. The summed E-state index contributed by atoms with van der Waals surface area (Å²) in [6.45, 7) is 11.5. The molecular formula is C20H36N6. The van der Waals surface area contributed by atoms with Gasteiger partial charge in [-0.3, -0.25) is 4.99 Å². The Hall–Kier alpha value is -1.56. The third kappa shape index (κ3) is 5.00. The van der Waals surface area contributed by atoms with Crippen LogP contribution in [0.4, 0.5) is 0 Å². The van der Waals surface area contributed by atoms with E-state index in [4.69, 9.17) is 0 Å². The van der Waals surface area contributed by atoms with Crippen LogP contribution in [0.1, 0.15) is 45.6 Å². The minimum atomic E-state index is 0.468. The molecule has 0 aliphatic carbocycles. The van der Waals surface area contributed by atoms with Crippen molar-refractivity contribution >= 4 is 5.96 Å². The van der Waals surface area contributed by atoms with E-state index in [9.17, 15) is 0 Å². The second kappa shape index (κ2) is 9.40. The van der Waals surface area contributed by atoms with Crippen molar-refractivity contribution in [2.45, 2.75) is 45.6 Å². The lowest BCUT2D eigenvalue weighted by molar-refractivity contribution is 0.185. The van der Waals surface area contributed by atoms with Crippen LogP contribution in [0.2, 0.25) is 0 Å². The third-order valence-electron chi connectivity index (χ3n) is 5.97. The van der Waals surface area contributed by atoms with E-state index in [1.807, 2.05) is 19.6 Å². The molecule has 2 saturated heterocycles. The van der Waals surface area contributed by atoms with E-state index in [-0.39, 0.29) is 0 Å². The van der Waals surface area contributed by atoms with Crippen LogP contribution in [0.3, 0.4) is 0 Å². The van der Waals surface area contributed by atoms with E-state index in [0.29, 0.717) is 17.9 Å². The molecular weight excluding hydrogens is 324 g/mol. The molecule has 3 unspecified atom stereocenters. The van der Waals surface area contributed by atoms with Crippen LogP contribution in [0.15, 0.2) is 23.7 Å². The zero-order valence-electron chi connectivity index (χ0n) is 16.8. The predicted molar refractivity (Wildman–Crippen MR) is 107 cm³/mol. The number of hydrogen-bond acceptors (Lipinski definition) is 3. The summed E-state index contributed by atoms with van der Waals surface area (Å²) in [5.74, 6) is 2.35. The lowest BCUT2D eigenvalue weighted by Gasteiger charge is -2.39. The van der Waals surface area contributed by atoms with E-state index >= 15 is 0 Å². The van der Waals surface area contributed by atoms with Crippen LogP contribution >= 0.6 is 0 Å². The largest absolute Gasteiger partial charge is 0.356 e. The molecule has 0 bridgehead atoms. The molecule has 0 saturated carbocycles. The molecule has 2 aliphatic rings. The number of nitrogens with one attached hydrogen (secondary N) is 1.